The number of benzene rings is 3. The Kier molecular flexibility index (Phi) is 7.00. The Bertz CT molecular complexity index is 1500. The molecule has 3 aromatic carbocycles. The Morgan fingerprint density at radius 2 is 1.71 bits per heavy atom. The van der Waals surface area contributed by atoms with E-state index in [0.29, 0.717) is 29.0 Å². The van der Waals surface area contributed by atoms with Crippen LogP contribution in [0.1, 0.15) is 33.9 Å². The van der Waals surface area contributed by atoms with Crippen LogP contribution < -0.4 is 14.8 Å². The molecule has 1 saturated heterocycles. The molecule has 7 heteroatoms. The number of aromatic nitrogens is 1. The van der Waals surface area contributed by atoms with Crippen LogP contribution in [0.15, 0.2) is 103 Å². The van der Waals surface area contributed by atoms with Crippen LogP contribution in [0.5, 0.6) is 5.75 Å². The maximum absolute atomic E-state index is 13.8. The lowest BCUT2D eigenvalue weighted by atomic mass is 9.93. The fourth-order valence-electron chi connectivity index (χ4n) is 4.62. The van der Waals surface area contributed by atoms with E-state index >= 15 is 0 Å². The number of likely N-dealkylation sites (tertiary alicyclic amines) is 1. The summed E-state index contributed by atoms with van der Waals surface area (Å²) < 4.78 is 19.6. The third-order valence-electron chi connectivity index (χ3n) is 6.53. The second-order valence-corrected chi connectivity index (χ2v) is 9.12. The number of hydrogen-bond donors (Lipinski definition) is 0. The van der Waals surface area contributed by atoms with Crippen LogP contribution in [0.2, 0.25) is 0 Å². The number of Topliss-reactive ketones (excluding diaryl/α,β-unsaturated/α-hetero) is 1. The second kappa shape index (κ2) is 10.7. The molecule has 1 atom stereocenters. The SMILES string of the molecule is Cc1cc(OCc2ccccc2)ccc1C([O-])=C1C(=O)C(=O)N(Cc2ccc[nH+]c2)C1c1ccc(F)cc1. The van der Waals surface area contributed by atoms with Gasteiger partial charge in [-0.1, -0.05) is 54.3 Å². The topological polar surface area (TPSA) is 83.8 Å². The van der Waals surface area contributed by atoms with Gasteiger partial charge in [-0.15, -0.1) is 0 Å². The molecule has 38 heavy (non-hydrogen) atoms. The molecule has 0 bridgehead atoms. The highest BCUT2D eigenvalue weighted by Crippen LogP contribution is 2.40. The van der Waals surface area contributed by atoms with E-state index in [1.54, 1.807) is 43.6 Å². The molecule has 1 unspecified atom stereocenters. The van der Waals surface area contributed by atoms with E-state index in [0.717, 1.165) is 11.1 Å². The van der Waals surface area contributed by atoms with Gasteiger partial charge in [-0.25, -0.2) is 9.37 Å². The van der Waals surface area contributed by atoms with E-state index in [-0.39, 0.29) is 12.1 Å². The average molecular weight is 509 g/mol. The fourth-order valence-corrected chi connectivity index (χ4v) is 4.62. The fraction of sp³-hybridized carbons (Fsp3) is 0.129. The number of aromatic amines is 1. The van der Waals surface area contributed by atoms with Crippen LogP contribution >= 0.6 is 0 Å². The molecule has 1 aliphatic heterocycles. The first-order valence-corrected chi connectivity index (χ1v) is 12.2. The zero-order valence-corrected chi connectivity index (χ0v) is 20.7. The molecule has 1 amide bonds. The van der Waals surface area contributed by atoms with Crippen molar-refractivity contribution in [1.29, 1.82) is 0 Å². The minimum atomic E-state index is -0.947. The van der Waals surface area contributed by atoms with Crippen LogP contribution in [-0.4, -0.2) is 16.6 Å². The molecular weight excluding hydrogens is 483 g/mol. The quantitative estimate of drug-likeness (QED) is 0.215. The Labute approximate surface area is 219 Å². The minimum absolute atomic E-state index is 0.103. The summed E-state index contributed by atoms with van der Waals surface area (Å²) in [5.74, 6) is -2.03. The van der Waals surface area contributed by atoms with Gasteiger partial charge >= 0.3 is 0 Å². The maximum Gasteiger partial charge on any atom is 0.295 e. The largest absolute Gasteiger partial charge is 0.872 e. The van der Waals surface area contributed by atoms with Crippen molar-refractivity contribution >= 4 is 17.4 Å². The highest BCUT2D eigenvalue weighted by molar-refractivity contribution is 6.46. The van der Waals surface area contributed by atoms with E-state index in [4.69, 9.17) is 4.74 Å². The zero-order chi connectivity index (χ0) is 26.6. The zero-order valence-electron chi connectivity index (χ0n) is 20.7. The number of ketones is 1. The van der Waals surface area contributed by atoms with Gasteiger partial charge in [0.1, 0.15) is 18.2 Å². The Balaban J connectivity index is 1.52. The number of H-pyrrole nitrogens is 1. The van der Waals surface area contributed by atoms with Gasteiger partial charge in [0, 0.05) is 17.2 Å². The third-order valence-corrected chi connectivity index (χ3v) is 6.53. The Morgan fingerprint density at radius 3 is 2.39 bits per heavy atom. The van der Waals surface area contributed by atoms with Crippen molar-refractivity contribution in [3.8, 4) is 5.75 Å². The molecule has 1 N–H and O–H groups in total. The second-order valence-electron chi connectivity index (χ2n) is 9.12. The summed E-state index contributed by atoms with van der Waals surface area (Å²) in [5.41, 5.74) is 3.01. The molecule has 1 fully saturated rings. The summed E-state index contributed by atoms with van der Waals surface area (Å²) >= 11 is 0. The van der Waals surface area contributed by atoms with E-state index in [1.807, 2.05) is 36.4 Å². The van der Waals surface area contributed by atoms with Crippen molar-refractivity contribution in [3.05, 3.63) is 137 Å². The van der Waals surface area contributed by atoms with Crippen LogP contribution in [0.3, 0.4) is 0 Å². The number of ether oxygens (including phenoxy) is 1. The van der Waals surface area contributed by atoms with Crippen molar-refractivity contribution in [2.24, 2.45) is 0 Å². The molecular formula is C31H25FN2O4. The summed E-state index contributed by atoms with van der Waals surface area (Å²) in [6.45, 7) is 2.23. The summed E-state index contributed by atoms with van der Waals surface area (Å²) in [6.07, 6.45) is 3.45. The average Bonchev–Trinajstić information content (AvgIpc) is 3.18. The molecule has 6 nitrogen and oxygen atoms in total. The van der Waals surface area contributed by atoms with Crippen molar-refractivity contribution in [1.82, 2.24) is 4.90 Å². The number of hydrogen-bond acceptors (Lipinski definition) is 4. The lowest BCUT2D eigenvalue weighted by Crippen LogP contribution is -2.29. The first-order chi connectivity index (χ1) is 18.4. The van der Waals surface area contributed by atoms with Gasteiger partial charge in [0.25, 0.3) is 5.91 Å². The summed E-state index contributed by atoms with van der Waals surface area (Å²) in [5, 5.41) is 13.8. The van der Waals surface area contributed by atoms with Crippen molar-refractivity contribution in [2.45, 2.75) is 26.1 Å². The molecule has 0 radical (unpaired) electrons. The first kappa shape index (κ1) is 24.9. The van der Waals surface area contributed by atoms with E-state index in [1.165, 1.54) is 29.2 Å². The van der Waals surface area contributed by atoms with Gasteiger partial charge in [-0.05, 0) is 59.5 Å². The Hall–Kier alpha value is -4.78. The summed E-state index contributed by atoms with van der Waals surface area (Å²) in [6, 6.07) is 22.9. The van der Waals surface area contributed by atoms with Gasteiger partial charge in [0.05, 0.1) is 12.6 Å². The van der Waals surface area contributed by atoms with Gasteiger partial charge in [0.15, 0.2) is 12.4 Å². The molecule has 4 aromatic rings. The standard InChI is InChI=1S/C31H25FN2O4/c1-20-16-25(38-19-21-6-3-2-4-7-21)13-14-26(20)29(35)27-28(23-9-11-24(32)12-10-23)34(31(37)30(27)36)18-22-8-5-15-33-17-22/h2-17,28,35H,18-19H2,1H3. The lowest BCUT2D eigenvalue weighted by molar-refractivity contribution is -0.378. The van der Waals surface area contributed by atoms with Crippen LogP contribution in [0.25, 0.3) is 5.76 Å². The normalized spacial score (nSPS) is 16.6. The number of carbonyl (C=O) groups is 2. The van der Waals surface area contributed by atoms with Gasteiger partial charge in [0.2, 0.25) is 5.78 Å². The van der Waals surface area contributed by atoms with E-state index in [2.05, 4.69) is 4.98 Å². The number of nitrogens with zero attached hydrogens (tertiary/aromatic N) is 1. The number of aryl methyl sites for hydroxylation is 1. The number of carbonyl (C=O) groups excluding carboxylic acids is 2. The molecule has 190 valence electrons. The number of rotatable bonds is 7. The molecule has 0 spiro atoms. The highest BCUT2D eigenvalue weighted by Gasteiger charge is 2.44. The predicted octanol–water partition coefficient (Wildman–Crippen LogP) is 3.95. The molecule has 0 saturated carbocycles. The molecule has 1 aromatic heterocycles. The number of nitrogens with one attached hydrogen (secondary N) is 1. The van der Waals surface area contributed by atoms with E-state index < -0.39 is 29.3 Å². The summed E-state index contributed by atoms with van der Waals surface area (Å²) in [7, 11) is 0. The maximum atomic E-state index is 13.8. The van der Waals surface area contributed by atoms with Crippen LogP contribution in [-0.2, 0) is 22.7 Å². The lowest BCUT2D eigenvalue weighted by Gasteiger charge is -2.28. The molecule has 1 aliphatic rings. The van der Waals surface area contributed by atoms with Gasteiger partial charge in [-0.3, -0.25) is 9.59 Å². The third kappa shape index (κ3) is 5.04. The number of amides is 1. The Morgan fingerprint density at radius 1 is 0.974 bits per heavy atom. The molecule has 5 rings (SSSR count). The first-order valence-electron chi connectivity index (χ1n) is 12.2. The number of halogens is 1. The number of pyridine rings is 1. The van der Waals surface area contributed by atoms with Crippen LogP contribution in [0.4, 0.5) is 4.39 Å². The summed E-state index contributed by atoms with van der Waals surface area (Å²) in [4.78, 5) is 30.7. The van der Waals surface area contributed by atoms with Gasteiger partial charge < -0.3 is 14.7 Å². The van der Waals surface area contributed by atoms with Crippen molar-refractivity contribution < 1.29 is 28.8 Å². The molecule has 2 heterocycles. The highest BCUT2D eigenvalue weighted by atomic mass is 19.1. The molecule has 0 aliphatic carbocycles. The van der Waals surface area contributed by atoms with Crippen molar-refractivity contribution in [2.75, 3.05) is 0 Å². The van der Waals surface area contributed by atoms with E-state index in [9.17, 15) is 19.1 Å². The van der Waals surface area contributed by atoms with Gasteiger partial charge in [-0.2, -0.15) is 0 Å². The smallest absolute Gasteiger partial charge is 0.295 e. The minimum Gasteiger partial charge on any atom is -0.872 e. The predicted molar refractivity (Wildman–Crippen MR) is 137 cm³/mol. The monoisotopic (exact) mass is 508 g/mol. The van der Waals surface area contributed by atoms with Crippen molar-refractivity contribution in [3.63, 3.8) is 0 Å². The van der Waals surface area contributed by atoms with Crippen LogP contribution in [0, 0.1) is 12.7 Å².